The van der Waals surface area contributed by atoms with Gasteiger partial charge in [0.05, 0.1) is 12.0 Å². The summed E-state index contributed by atoms with van der Waals surface area (Å²) in [5.74, 6) is -0.709. The van der Waals surface area contributed by atoms with Gasteiger partial charge in [0.1, 0.15) is 17.9 Å². The molecule has 0 aliphatic carbocycles. The zero-order chi connectivity index (χ0) is 14.8. The molecular formula is C12H9F3N2O3. The number of amides is 1. The Labute approximate surface area is 110 Å². The highest BCUT2D eigenvalue weighted by Gasteiger charge is 2.28. The molecule has 20 heavy (non-hydrogen) atoms. The Kier molecular flexibility index (Phi) is 3.64. The third-order valence-electron chi connectivity index (χ3n) is 2.39. The van der Waals surface area contributed by atoms with Crippen molar-refractivity contribution >= 4 is 5.91 Å². The lowest BCUT2D eigenvalue weighted by Gasteiger charge is -2.08. The molecule has 2 aromatic rings. The van der Waals surface area contributed by atoms with Crippen molar-refractivity contribution in [2.24, 2.45) is 0 Å². The van der Waals surface area contributed by atoms with Gasteiger partial charge >= 0.3 is 6.18 Å². The number of carbonyl (C=O) groups excluding carboxylic acids is 1. The zero-order valence-electron chi connectivity index (χ0n) is 9.95. The number of nitrogens with one attached hydrogen (secondary N) is 2. The Morgan fingerprint density at radius 1 is 1.30 bits per heavy atom. The van der Waals surface area contributed by atoms with Gasteiger partial charge in [0.2, 0.25) is 0 Å². The number of pyridine rings is 1. The van der Waals surface area contributed by atoms with E-state index < -0.39 is 29.8 Å². The van der Waals surface area contributed by atoms with Crippen LogP contribution in [-0.4, -0.2) is 23.6 Å². The van der Waals surface area contributed by atoms with Crippen molar-refractivity contribution in [2.45, 2.75) is 6.18 Å². The molecule has 2 N–H and O–H groups in total. The SMILES string of the molecule is O=C(NCC(F)(F)F)c1ccc(-c2ccco2)[nH]c1=O. The van der Waals surface area contributed by atoms with Crippen LogP contribution >= 0.6 is 0 Å². The van der Waals surface area contributed by atoms with E-state index in [1.807, 2.05) is 0 Å². The van der Waals surface area contributed by atoms with Crippen LogP contribution in [0, 0.1) is 0 Å². The molecule has 0 spiro atoms. The number of H-pyrrole nitrogens is 1. The van der Waals surface area contributed by atoms with E-state index in [-0.39, 0.29) is 0 Å². The van der Waals surface area contributed by atoms with Crippen molar-refractivity contribution in [1.82, 2.24) is 10.3 Å². The van der Waals surface area contributed by atoms with Crippen molar-refractivity contribution in [3.63, 3.8) is 0 Å². The van der Waals surface area contributed by atoms with E-state index in [2.05, 4.69) is 4.98 Å². The maximum atomic E-state index is 12.0. The number of hydrogen-bond acceptors (Lipinski definition) is 3. The van der Waals surface area contributed by atoms with Crippen LogP contribution < -0.4 is 10.9 Å². The molecule has 0 saturated carbocycles. The van der Waals surface area contributed by atoms with Gasteiger partial charge in [-0.05, 0) is 24.3 Å². The second-order valence-corrected chi connectivity index (χ2v) is 3.89. The van der Waals surface area contributed by atoms with Crippen molar-refractivity contribution in [3.8, 4) is 11.5 Å². The maximum Gasteiger partial charge on any atom is 0.405 e. The number of hydrogen-bond donors (Lipinski definition) is 2. The van der Waals surface area contributed by atoms with Crippen LogP contribution in [0.2, 0.25) is 0 Å². The smallest absolute Gasteiger partial charge is 0.405 e. The lowest BCUT2D eigenvalue weighted by molar-refractivity contribution is -0.123. The Balaban J connectivity index is 2.18. The fourth-order valence-corrected chi connectivity index (χ4v) is 1.50. The molecule has 8 heteroatoms. The molecule has 2 heterocycles. The standard InChI is InChI=1S/C12H9F3N2O3/c13-12(14,15)6-16-10(18)7-3-4-8(17-11(7)19)9-2-1-5-20-9/h1-5H,6H2,(H,16,18)(H,17,19). The third-order valence-corrected chi connectivity index (χ3v) is 2.39. The molecule has 0 aliphatic heterocycles. The molecule has 0 saturated heterocycles. The van der Waals surface area contributed by atoms with Crippen LogP contribution in [0.25, 0.3) is 11.5 Å². The van der Waals surface area contributed by atoms with E-state index in [1.54, 1.807) is 17.4 Å². The molecule has 1 amide bonds. The second kappa shape index (κ2) is 5.24. The number of carbonyl (C=O) groups is 1. The molecular weight excluding hydrogens is 277 g/mol. The predicted molar refractivity (Wildman–Crippen MR) is 63.2 cm³/mol. The van der Waals surface area contributed by atoms with E-state index in [0.717, 1.165) is 6.07 Å². The van der Waals surface area contributed by atoms with E-state index >= 15 is 0 Å². The van der Waals surface area contributed by atoms with Gasteiger partial charge in [-0.25, -0.2) is 0 Å². The first kappa shape index (κ1) is 13.9. The molecule has 0 fully saturated rings. The predicted octanol–water partition coefficient (Wildman–Crippen LogP) is 1.93. The molecule has 106 valence electrons. The Morgan fingerprint density at radius 3 is 2.60 bits per heavy atom. The van der Waals surface area contributed by atoms with Gasteiger partial charge in [0, 0.05) is 0 Å². The average molecular weight is 286 g/mol. The summed E-state index contributed by atoms with van der Waals surface area (Å²) >= 11 is 0. The summed E-state index contributed by atoms with van der Waals surface area (Å²) < 4.78 is 41.0. The molecule has 0 radical (unpaired) electrons. The minimum atomic E-state index is -4.53. The second-order valence-electron chi connectivity index (χ2n) is 3.89. The van der Waals surface area contributed by atoms with Crippen LogP contribution in [0.4, 0.5) is 13.2 Å². The van der Waals surface area contributed by atoms with Crippen molar-refractivity contribution < 1.29 is 22.4 Å². The Morgan fingerprint density at radius 2 is 2.05 bits per heavy atom. The number of aromatic nitrogens is 1. The maximum absolute atomic E-state index is 12.0. The van der Waals surface area contributed by atoms with Crippen LogP contribution in [-0.2, 0) is 0 Å². The normalized spacial score (nSPS) is 11.3. The van der Waals surface area contributed by atoms with Gasteiger partial charge in [-0.2, -0.15) is 13.2 Å². The number of halogens is 3. The molecule has 5 nitrogen and oxygen atoms in total. The lowest BCUT2D eigenvalue weighted by atomic mass is 10.2. The van der Waals surface area contributed by atoms with E-state index in [0.29, 0.717) is 11.5 Å². The summed E-state index contributed by atoms with van der Waals surface area (Å²) in [7, 11) is 0. The topological polar surface area (TPSA) is 75.1 Å². The number of rotatable bonds is 3. The summed E-state index contributed by atoms with van der Waals surface area (Å²) in [5.41, 5.74) is -0.865. The van der Waals surface area contributed by atoms with Gasteiger partial charge in [-0.1, -0.05) is 0 Å². The lowest BCUT2D eigenvalue weighted by Crippen LogP contribution is -2.36. The first-order valence-electron chi connectivity index (χ1n) is 5.49. The molecule has 0 atom stereocenters. The number of furan rings is 1. The van der Waals surface area contributed by atoms with Crippen molar-refractivity contribution in [1.29, 1.82) is 0 Å². The molecule has 2 rings (SSSR count). The summed E-state index contributed by atoms with van der Waals surface area (Å²) in [6.07, 6.45) is -3.13. The van der Waals surface area contributed by atoms with E-state index in [4.69, 9.17) is 4.42 Å². The minimum Gasteiger partial charge on any atom is -0.463 e. The summed E-state index contributed by atoms with van der Waals surface area (Å²) in [4.78, 5) is 25.5. The van der Waals surface area contributed by atoms with E-state index in [1.165, 1.54) is 12.3 Å². The number of alkyl halides is 3. The van der Waals surface area contributed by atoms with Crippen molar-refractivity contribution in [2.75, 3.05) is 6.54 Å². The molecule has 0 unspecified atom stereocenters. The van der Waals surface area contributed by atoms with Crippen molar-refractivity contribution in [3.05, 3.63) is 46.4 Å². The summed E-state index contributed by atoms with van der Waals surface area (Å²) in [6, 6.07) is 5.72. The third kappa shape index (κ3) is 3.28. The monoisotopic (exact) mass is 286 g/mol. The van der Waals surface area contributed by atoms with E-state index in [9.17, 15) is 22.8 Å². The van der Waals surface area contributed by atoms with Gasteiger partial charge in [-0.3, -0.25) is 9.59 Å². The highest BCUT2D eigenvalue weighted by molar-refractivity contribution is 5.94. The highest BCUT2D eigenvalue weighted by atomic mass is 19.4. The first-order valence-corrected chi connectivity index (χ1v) is 5.49. The fraction of sp³-hybridized carbons (Fsp3) is 0.167. The molecule has 0 aliphatic rings. The molecule has 0 bridgehead atoms. The largest absolute Gasteiger partial charge is 0.463 e. The van der Waals surface area contributed by atoms with Crippen LogP contribution in [0.5, 0.6) is 0 Å². The highest BCUT2D eigenvalue weighted by Crippen LogP contribution is 2.16. The van der Waals surface area contributed by atoms with Gasteiger partial charge in [0.15, 0.2) is 0 Å². The van der Waals surface area contributed by atoms with Crippen LogP contribution in [0.3, 0.4) is 0 Å². The fourth-order valence-electron chi connectivity index (χ4n) is 1.50. The minimum absolute atomic E-state index is 0.326. The first-order chi connectivity index (χ1) is 9.37. The van der Waals surface area contributed by atoms with Gasteiger partial charge in [-0.15, -0.1) is 0 Å². The zero-order valence-corrected chi connectivity index (χ0v) is 9.95. The molecule has 0 aromatic carbocycles. The Hall–Kier alpha value is -2.51. The van der Waals surface area contributed by atoms with Crippen LogP contribution in [0.15, 0.2) is 39.7 Å². The number of aromatic amines is 1. The van der Waals surface area contributed by atoms with Gasteiger partial charge < -0.3 is 14.7 Å². The summed E-state index contributed by atoms with van der Waals surface area (Å²) in [6.45, 7) is -1.49. The molecule has 2 aromatic heterocycles. The summed E-state index contributed by atoms with van der Waals surface area (Å²) in [5, 5.41) is 1.63. The van der Waals surface area contributed by atoms with Crippen LogP contribution in [0.1, 0.15) is 10.4 Å². The Bertz CT molecular complexity index is 659. The van der Waals surface area contributed by atoms with Gasteiger partial charge in [0.25, 0.3) is 11.5 Å². The quantitative estimate of drug-likeness (QED) is 0.905. The average Bonchev–Trinajstić information content (AvgIpc) is 2.88.